The molecule has 106 valence electrons. The summed E-state index contributed by atoms with van der Waals surface area (Å²) >= 11 is 12.1. The first-order valence-corrected chi connectivity index (χ1v) is 6.85. The summed E-state index contributed by atoms with van der Waals surface area (Å²) < 4.78 is 37.2. The molecule has 0 bridgehead atoms. The number of alkyl halides is 3. The van der Waals surface area contributed by atoms with Gasteiger partial charge in [0.15, 0.2) is 10.8 Å². The van der Waals surface area contributed by atoms with Gasteiger partial charge in [-0.2, -0.15) is 13.2 Å². The monoisotopic (exact) mass is 339 g/mol. The molecular formula is C12H6Cl2F3NOS. The summed E-state index contributed by atoms with van der Waals surface area (Å²) in [6, 6.07) is 4.74. The first kappa shape index (κ1) is 15.3. The average Bonchev–Trinajstić information content (AvgIpc) is 2.83. The Bertz CT molecular complexity index is 634. The van der Waals surface area contributed by atoms with Gasteiger partial charge in [-0.3, -0.25) is 4.79 Å². The molecule has 1 aromatic carbocycles. The molecule has 0 aliphatic heterocycles. The number of ketones is 1. The summed E-state index contributed by atoms with van der Waals surface area (Å²) in [6.45, 7) is 0. The van der Waals surface area contributed by atoms with E-state index in [0.717, 1.165) is 6.20 Å². The number of thiazole rings is 1. The molecule has 2 rings (SSSR count). The summed E-state index contributed by atoms with van der Waals surface area (Å²) in [5.41, 5.74) is 0.391. The Morgan fingerprint density at radius 3 is 2.35 bits per heavy atom. The van der Waals surface area contributed by atoms with Crippen LogP contribution < -0.4 is 0 Å². The second-order valence-corrected chi connectivity index (χ2v) is 5.67. The lowest BCUT2D eigenvalue weighted by Gasteiger charge is -2.04. The van der Waals surface area contributed by atoms with Crippen molar-refractivity contribution in [3.63, 3.8) is 0 Å². The fourth-order valence-electron chi connectivity index (χ4n) is 1.48. The van der Waals surface area contributed by atoms with Crippen molar-refractivity contribution in [1.29, 1.82) is 0 Å². The Labute approximate surface area is 126 Å². The highest BCUT2D eigenvalue weighted by atomic mass is 35.5. The molecule has 0 unspecified atom stereocenters. The highest BCUT2D eigenvalue weighted by molar-refractivity contribution is 7.13. The largest absolute Gasteiger partial charge is 0.443 e. The number of hydrogen-bond acceptors (Lipinski definition) is 3. The van der Waals surface area contributed by atoms with Crippen LogP contribution in [0.4, 0.5) is 13.2 Å². The quantitative estimate of drug-likeness (QED) is 0.745. The van der Waals surface area contributed by atoms with Gasteiger partial charge in [-0.1, -0.05) is 29.3 Å². The normalized spacial score (nSPS) is 11.7. The number of benzene rings is 1. The van der Waals surface area contributed by atoms with E-state index in [-0.39, 0.29) is 11.3 Å². The van der Waals surface area contributed by atoms with Crippen LogP contribution in [0.25, 0.3) is 0 Å². The van der Waals surface area contributed by atoms with Crippen LogP contribution in [-0.2, 0) is 12.6 Å². The van der Waals surface area contributed by atoms with E-state index in [1.54, 1.807) is 18.2 Å². The molecule has 0 N–H and O–H groups in total. The SMILES string of the molecule is O=C(Cc1c(Cl)cccc1Cl)c1cnc(C(F)(F)F)s1. The van der Waals surface area contributed by atoms with Crippen molar-refractivity contribution >= 4 is 40.3 Å². The van der Waals surface area contributed by atoms with Crippen molar-refractivity contribution in [3.8, 4) is 0 Å². The van der Waals surface area contributed by atoms with Gasteiger partial charge >= 0.3 is 6.18 Å². The van der Waals surface area contributed by atoms with Crippen molar-refractivity contribution in [3.05, 3.63) is 49.9 Å². The predicted molar refractivity (Wildman–Crippen MR) is 71.6 cm³/mol. The number of halogens is 5. The molecule has 0 aliphatic carbocycles. The van der Waals surface area contributed by atoms with Crippen LogP contribution in [0.2, 0.25) is 10.0 Å². The number of Topliss-reactive ketones (excluding diaryl/α,β-unsaturated/α-hetero) is 1. The van der Waals surface area contributed by atoms with E-state index in [1.165, 1.54) is 0 Å². The lowest BCUT2D eigenvalue weighted by Crippen LogP contribution is -2.03. The third-order valence-corrected chi connectivity index (χ3v) is 4.21. The third-order valence-electron chi connectivity index (χ3n) is 2.42. The summed E-state index contributed by atoms with van der Waals surface area (Å²) in [7, 11) is 0. The maximum absolute atomic E-state index is 12.4. The van der Waals surface area contributed by atoms with E-state index in [0.29, 0.717) is 26.9 Å². The molecule has 0 aliphatic rings. The standard InChI is InChI=1S/C12H6Cl2F3NOS/c13-7-2-1-3-8(14)6(7)4-9(19)10-5-18-11(20-10)12(15,16)17/h1-3,5H,4H2. The second-order valence-electron chi connectivity index (χ2n) is 3.83. The Morgan fingerprint density at radius 1 is 1.25 bits per heavy atom. The molecular weight excluding hydrogens is 334 g/mol. The molecule has 2 nitrogen and oxygen atoms in total. The van der Waals surface area contributed by atoms with Crippen LogP contribution in [0.3, 0.4) is 0 Å². The van der Waals surface area contributed by atoms with E-state index in [2.05, 4.69) is 4.98 Å². The van der Waals surface area contributed by atoms with Crippen LogP contribution in [0.15, 0.2) is 24.4 Å². The number of carbonyl (C=O) groups excluding carboxylic acids is 1. The van der Waals surface area contributed by atoms with Crippen molar-refractivity contribution in [1.82, 2.24) is 4.98 Å². The van der Waals surface area contributed by atoms with Gasteiger partial charge in [0.2, 0.25) is 0 Å². The molecule has 1 heterocycles. The van der Waals surface area contributed by atoms with Crippen LogP contribution in [0.1, 0.15) is 20.2 Å². The van der Waals surface area contributed by atoms with Crippen LogP contribution in [-0.4, -0.2) is 10.8 Å². The molecule has 0 fully saturated rings. The Hall–Kier alpha value is -1.11. The maximum atomic E-state index is 12.4. The minimum atomic E-state index is -4.55. The van der Waals surface area contributed by atoms with Gasteiger partial charge in [0.25, 0.3) is 0 Å². The van der Waals surface area contributed by atoms with Gasteiger partial charge in [0.05, 0.1) is 4.88 Å². The zero-order valence-electron chi connectivity index (χ0n) is 9.67. The molecule has 0 spiro atoms. The molecule has 1 aromatic heterocycles. The molecule has 0 atom stereocenters. The Balaban J connectivity index is 2.23. The Kier molecular flexibility index (Phi) is 4.36. The second kappa shape index (κ2) is 5.71. The van der Waals surface area contributed by atoms with E-state index in [4.69, 9.17) is 23.2 Å². The average molecular weight is 340 g/mol. The van der Waals surface area contributed by atoms with E-state index < -0.39 is 17.0 Å². The van der Waals surface area contributed by atoms with E-state index in [9.17, 15) is 18.0 Å². The highest BCUT2D eigenvalue weighted by Crippen LogP contribution is 2.33. The summed E-state index contributed by atoms with van der Waals surface area (Å²) in [4.78, 5) is 15.1. The molecule has 0 saturated heterocycles. The van der Waals surface area contributed by atoms with Gasteiger partial charge in [-0.25, -0.2) is 4.98 Å². The van der Waals surface area contributed by atoms with E-state index >= 15 is 0 Å². The Morgan fingerprint density at radius 2 is 1.85 bits per heavy atom. The van der Waals surface area contributed by atoms with Gasteiger partial charge in [-0.05, 0) is 17.7 Å². The highest BCUT2D eigenvalue weighted by Gasteiger charge is 2.35. The van der Waals surface area contributed by atoms with Crippen molar-refractivity contribution < 1.29 is 18.0 Å². The lowest BCUT2D eigenvalue weighted by atomic mass is 10.1. The van der Waals surface area contributed by atoms with Crippen LogP contribution in [0.5, 0.6) is 0 Å². The third kappa shape index (κ3) is 3.31. The molecule has 20 heavy (non-hydrogen) atoms. The minimum absolute atomic E-state index is 0.0756. The predicted octanol–water partition coefficient (Wildman–Crippen LogP) is 4.89. The van der Waals surface area contributed by atoms with Crippen LogP contribution in [0, 0.1) is 0 Å². The molecule has 0 saturated carbocycles. The van der Waals surface area contributed by atoms with Gasteiger partial charge in [-0.15, -0.1) is 11.3 Å². The van der Waals surface area contributed by atoms with Gasteiger partial charge in [0.1, 0.15) is 0 Å². The maximum Gasteiger partial charge on any atom is 0.443 e. The van der Waals surface area contributed by atoms with Crippen LogP contribution >= 0.6 is 34.5 Å². The lowest BCUT2D eigenvalue weighted by molar-refractivity contribution is -0.137. The number of aromatic nitrogens is 1. The zero-order chi connectivity index (χ0) is 14.9. The van der Waals surface area contributed by atoms with E-state index in [1.807, 2.05) is 0 Å². The number of rotatable bonds is 3. The molecule has 8 heteroatoms. The number of carbonyl (C=O) groups is 1. The smallest absolute Gasteiger partial charge is 0.293 e. The minimum Gasteiger partial charge on any atom is -0.293 e. The fourth-order valence-corrected chi connectivity index (χ4v) is 2.73. The topological polar surface area (TPSA) is 30.0 Å². The molecule has 2 aromatic rings. The van der Waals surface area contributed by atoms with Crippen molar-refractivity contribution in [2.45, 2.75) is 12.6 Å². The van der Waals surface area contributed by atoms with Crippen molar-refractivity contribution in [2.75, 3.05) is 0 Å². The summed E-state index contributed by atoms with van der Waals surface area (Å²) in [6.07, 6.45) is -3.80. The zero-order valence-corrected chi connectivity index (χ0v) is 12.0. The van der Waals surface area contributed by atoms with Crippen molar-refractivity contribution in [2.24, 2.45) is 0 Å². The fraction of sp³-hybridized carbons (Fsp3) is 0.167. The van der Waals surface area contributed by atoms with Gasteiger partial charge < -0.3 is 0 Å². The first-order valence-electron chi connectivity index (χ1n) is 5.28. The summed E-state index contributed by atoms with van der Waals surface area (Å²) in [5.74, 6) is -0.506. The number of hydrogen-bond donors (Lipinski definition) is 0. The first-order chi connectivity index (χ1) is 9.29. The molecule has 0 amide bonds. The van der Waals surface area contributed by atoms with Gasteiger partial charge in [0, 0.05) is 22.7 Å². The summed E-state index contributed by atoms with van der Waals surface area (Å²) in [5, 5.41) is -0.455. The number of nitrogens with zero attached hydrogens (tertiary/aromatic N) is 1. The molecule has 0 radical (unpaired) electrons.